The van der Waals surface area contributed by atoms with Gasteiger partial charge in [-0.1, -0.05) is 27.7 Å². The van der Waals surface area contributed by atoms with Crippen molar-refractivity contribution in [3.8, 4) is 0 Å². The number of aromatic nitrogens is 1. The maximum Gasteiger partial charge on any atom is 0.253 e. The van der Waals surface area contributed by atoms with Crippen LogP contribution in [0.1, 0.15) is 50.9 Å². The largest absolute Gasteiger partial charge is 0.368 e. The standard InChI is InChI=1S/C22H36N4O4/c1-14(2)22(3,4)11-16(24-20(28)15-7-9-23-12-15)21(29)25-19-17(27)13-30-18(19)8-10-26(5)6/h7,9,12,14,16,18-19,23H,8,10-11,13H2,1-6H3,(H,24,28)(H,25,29)/t16-,18?,19?/m0/s1. The number of Topliss-reactive ketones (excluding diaryl/α,β-unsaturated/α-hetero) is 1. The molecule has 1 fully saturated rings. The number of nitrogens with zero attached hydrogens (tertiary/aromatic N) is 1. The minimum Gasteiger partial charge on any atom is -0.368 e. The molecule has 8 heteroatoms. The van der Waals surface area contributed by atoms with Gasteiger partial charge >= 0.3 is 0 Å². The van der Waals surface area contributed by atoms with Gasteiger partial charge in [0.1, 0.15) is 18.7 Å². The van der Waals surface area contributed by atoms with Crippen molar-refractivity contribution < 1.29 is 19.1 Å². The van der Waals surface area contributed by atoms with Crippen LogP contribution in [-0.2, 0) is 14.3 Å². The van der Waals surface area contributed by atoms with Crippen LogP contribution in [0.25, 0.3) is 0 Å². The van der Waals surface area contributed by atoms with Gasteiger partial charge in [-0.05, 0) is 44.3 Å². The summed E-state index contributed by atoms with van der Waals surface area (Å²) in [6.45, 7) is 9.08. The molecule has 2 amide bonds. The highest BCUT2D eigenvalue weighted by atomic mass is 16.5. The average Bonchev–Trinajstić information content (AvgIpc) is 3.30. The fraction of sp³-hybridized carbons (Fsp3) is 0.682. The van der Waals surface area contributed by atoms with E-state index >= 15 is 0 Å². The number of ether oxygens (including phenoxy) is 1. The summed E-state index contributed by atoms with van der Waals surface area (Å²) in [6, 6.07) is 0.211. The molecule has 3 N–H and O–H groups in total. The quantitative estimate of drug-likeness (QED) is 0.533. The fourth-order valence-corrected chi connectivity index (χ4v) is 3.32. The van der Waals surface area contributed by atoms with E-state index in [4.69, 9.17) is 4.74 Å². The minimum atomic E-state index is -0.757. The Morgan fingerprint density at radius 1 is 1.33 bits per heavy atom. The number of ketones is 1. The van der Waals surface area contributed by atoms with Gasteiger partial charge < -0.3 is 25.3 Å². The molecule has 0 aliphatic carbocycles. The summed E-state index contributed by atoms with van der Waals surface area (Å²) >= 11 is 0. The van der Waals surface area contributed by atoms with Gasteiger partial charge in [-0.25, -0.2) is 0 Å². The Kier molecular flexibility index (Phi) is 8.20. The summed E-state index contributed by atoms with van der Waals surface area (Å²) < 4.78 is 5.61. The van der Waals surface area contributed by atoms with Crippen LogP contribution in [0, 0.1) is 11.3 Å². The monoisotopic (exact) mass is 420 g/mol. The Balaban J connectivity index is 2.14. The van der Waals surface area contributed by atoms with E-state index in [-0.39, 0.29) is 35.7 Å². The molecule has 30 heavy (non-hydrogen) atoms. The molecule has 0 saturated carbocycles. The number of hydrogen-bond donors (Lipinski definition) is 3. The van der Waals surface area contributed by atoms with E-state index < -0.39 is 12.1 Å². The van der Waals surface area contributed by atoms with E-state index in [1.807, 2.05) is 19.0 Å². The van der Waals surface area contributed by atoms with Gasteiger partial charge in [0.25, 0.3) is 5.91 Å². The zero-order valence-electron chi connectivity index (χ0n) is 19.0. The normalized spacial score (nSPS) is 20.6. The topological polar surface area (TPSA) is 104 Å². The predicted octanol–water partition coefficient (Wildman–Crippen LogP) is 1.59. The number of rotatable bonds is 10. The van der Waals surface area contributed by atoms with Crippen LogP contribution in [0.5, 0.6) is 0 Å². The summed E-state index contributed by atoms with van der Waals surface area (Å²) in [5.74, 6) is -0.507. The second kappa shape index (κ2) is 10.2. The number of carbonyl (C=O) groups excluding carboxylic acids is 3. The fourth-order valence-electron chi connectivity index (χ4n) is 3.32. The van der Waals surface area contributed by atoms with Gasteiger partial charge in [0.15, 0.2) is 5.78 Å². The Labute approximate surface area is 179 Å². The van der Waals surface area contributed by atoms with Crippen molar-refractivity contribution in [2.75, 3.05) is 27.2 Å². The first-order valence-electron chi connectivity index (χ1n) is 10.5. The Bertz CT molecular complexity index is 728. The van der Waals surface area contributed by atoms with Crippen LogP contribution in [0.4, 0.5) is 0 Å². The molecule has 0 aromatic carbocycles. The number of H-pyrrole nitrogens is 1. The summed E-state index contributed by atoms with van der Waals surface area (Å²) in [4.78, 5) is 43.0. The highest BCUT2D eigenvalue weighted by Gasteiger charge is 2.39. The third kappa shape index (κ3) is 6.40. The molecule has 1 aromatic rings. The number of hydrogen-bond acceptors (Lipinski definition) is 5. The number of amides is 2. The maximum absolute atomic E-state index is 13.2. The number of aromatic amines is 1. The molecule has 2 rings (SSSR count). The summed E-state index contributed by atoms with van der Waals surface area (Å²) in [6.07, 6.45) is 3.98. The van der Waals surface area contributed by atoms with E-state index in [1.54, 1.807) is 18.5 Å². The molecule has 0 bridgehead atoms. The first-order valence-corrected chi connectivity index (χ1v) is 10.5. The summed E-state index contributed by atoms with van der Waals surface area (Å²) in [7, 11) is 3.90. The molecule has 1 saturated heterocycles. The van der Waals surface area contributed by atoms with E-state index in [0.717, 1.165) is 6.54 Å². The smallest absolute Gasteiger partial charge is 0.253 e. The van der Waals surface area contributed by atoms with Crippen LogP contribution < -0.4 is 10.6 Å². The van der Waals surface area contributed by atoms with Crippen LogP contribution in [-0.4, -0.2) is 72.9 Å². The van der Waals surface area contributed by atoms with Crippen molar-refractivity contribution in [3.63, 3.8) is 0 Å². The van der Waals surface area contributed by atoms with Crippen molar-refractivity contribution in [2.45, 2.75) is 58.7 Å². The maximum atomic E-state index is 13.2. The zero-order chi connectivity index (χ0) is 22.5. The molecule has 1 aliphatic heterocycles. The van der Waals surface area contributed by atoms with Crippen LogP contribution in [0.2, 0.25) is 0 Å². The molecule has 1 aliphatic rings. The molecule has 2 unspecified atom stereocenters. The van der Waals surface area contributed by atoms with Gasteiger partial charge in [-0.3, -0.25) is 14.4 Å². The Morgan fingerprint density at radius 2 is 2.03 bits per heavy atom. The lowest BCUT2D eigenvalue weighted by Gasteiger charge is -2.33. The van der Waals surface area contributed by atoms with Gasteiger partial charge in [-0.2, -0.15) is 0 Å². The van der Waals surface area contributed by atoms with Crippen LogP contribution >= 0.6 is 0 Å². The van der Waals surface area contributed by atoms with E-state index in [9.17, 15) is 14.4 Å². The Morgan fingerprint density at radius 3 is 2.60 bits per heavy atom. The van der Waals surface area contributed by atoms with Gasteiger partial charge in [-0.15, -0.1) is 0 Å². The Hall–Kier alpha value is -2.19. The molecule has 0 radical (unpaired) electrons. The zero-order valence-corrected chi connectivity index (χ0v) is 19.0. The van der Waals surface area contributed by atoms with Crippen molar-refractivity contribution in [1.82, 2.24) is 20.5 Å². The second-order valence-corrected chi connectivity index (χ2v) is 9.37. The molecule has 168 valence electrons. The highest BCUT2D eigenvalue weighted by Crippen LogP contribution is 2.31. The molecule has 0 spiro atoms. The molecule has 3 atom stereocenters. The number of nitrogens with one attached hydrogen (secondary N) is 3. The molecule has 2 heterocycles. The second-order valence-electron chi connectivity index (χ2n) is 9.37. The van der Waals surface area contributed by atoms with Gasteiger partial charge in [0, 0.05) is 18.9 Å². The lowest BCUT2D eigenvalue weighted by Crippen LogP contribution is -2.54. The average molecular weight is 421 g/mol. The SMILES string of the molecule is CC(C)C(C)(C)C[C@H](NC(=O)c1cc[nH]c1)C(=O)NC1C(=O)COC1CCN(C)C. The van der Waals surface area contributed by atoms with Crippen molar-refractivity contribution in [1.29, 1.82) is 0 Å². The molecular weight excluding hydrogens is 384 g/mol. The first-order chi connectivity index (χ1) is 14.0. The van der Waals surface area contributed by atoms with Gasteiger partial charge in [0.2, 0.25) is 5.91 Å². The van der Waals surface area contributed by atoms with Crippen LogP contribution in [0.15, 0.2) is 18.5 Å². The third-order valence-electron chi connectivity index (χ3n) is 6.09. The van der Waals surface area contributed by atoms with E-state index in [1.165, 1.54) is 0 Å². The van der Waals surface area contributed by atoms with Crippen molar-refractivity contribution in [2.24, 2.45) is 11.3 Å². The van der Waals surface area contributed by atoms with Crippen molar-refractivity contribution in [3.05, 3.63) is 24.0 Å². The highest BCUT2D eigenvalue weighted by molar-refractivity contribution is 5.98. The van der Waals surface area contributed by atoms with E-state index in [0.29, 0.717) is 24.3 Å². The lowest BCUT2D eigenvalue weighted by atomic mass is 9.76. The van der Waals surface area contributed by atoms with Gasteiger partial charge in [0.05, 0.1) is 11.7 Å². The van der Waals surface area contributed by atoms with Crippen molar-refractivity contribution >= 4 is 17.6 Å². The van der Waals surface area contributed by atoms with Crippen LogP contribution in [0.3, 0.4) is 0 Å². The minimum absolute atomic E-state index is 0.000898. The summed E-state index contributed by atoms with van der Waals surface area (Å²) in [5.41, 5.74) is 0.271. The third-order valence-corrected chi connectivity index (χ3v) is 6.09. The number of carbonyl (C=O) groups is 3. The molecule has 1 aromatic heterocycles. The molecule has 8 nitrogen and oxygen atoms in total. The lowest BCUT2D eigenvalue weighted by molar-refractivity contribution is -0.128. The molecular formula is C22H36N4O4. The first kappa shape index (κ1) is 24.1. The predicted molar refractivity (Wildman–Crippen MR) is 115 cm³/mol. The van der Waals surface area contributed by atoms with E-state index in [2.05, 4.69) is 43.3 Å². The summed E-state index contributed by atoms with van der Waals surface area (Å²) in [5, 5.41) is 5.71.